The molecule has 0 saturated carbocycles. The zero-order chi connectivity index (χ0) is 14.7. The molecule has 3 rings (SSSR count). The maximum atomic E-state index is 12.4. The molecule has 108 valence electrons. The van der Waals surface area contributed by atoms with Crippen molar-refractivity contribution < 1.29 is 9.53 Å². The van der Waals surface area contributed by atoms with Crippen LogP contribution in [0.2, 0.25) is 0 Å². The van der Waals surface area contributed by atoms with Gasteiger partial charge in [-0.3, -0.25) is 4.79 Å². The Morgan fingerprint density at radius 1 is 1.19 bits per heavy atom. The average Bonchev–Trinajstić information content (AvgIpc) is 2.93. The average molecular weight is 302 g/mol. The second kappa shape index (κ2) is 6.19. The number of hydrogen-bond donors (Lipinski definition) is 1. The molecule has 0 spiro atoms. The largest absolute Gasteiger partial charge is 0.492 e. The smallest absolute Gasteiger partial charge is 0.235 e. The van der Waals surface area contributed by atoms with Gasteiger partial charge in [0.05, 0.1) is 0 Å². The molecule has 0 bridgehead atoms. The van der Waals surface area contributed by atoms with Gasteiger partial charge >= 0.3 is 0 Å². The monoisotopic (exact) mass is 301 g/mol. The summed E-state index contributed by atoms with van der Waals surface area (Å²) in [5, 5.41) is 2.94. The molecule has 0 fully saturated rings. The molecule has 1 heterocycles. The van der Waals surface area contributed by atoms with E-state index in [-0.39, 0.29) is 11.8 Å². The number of carbonyl (C=O) groups is 1. The number of amides is 1. The van der Waals surface area contributed by atoms with E-state index in [1.165, 1.54) is 0 Å². The molecule has 1 aliphatic heterocycles. The van der Waals surface area contributed by atoms with E-state index in [2.05, 4.69) is 5.32 Å². The summed E-state index contributed by atoms with van der Waals surface area (Å²) in [6, 6.07) is 15.4. The standard InChI is InChI=1S/C17H16ClNO2/c18-10-9-12-5-7-13(8-6-12)19-17(20)15-11-21-16-4-2-1-3-14(15)16/h1-8,15H,9-11H2,(H,19,20). The van der Waals surface area contributed by atoms with Crippen LogP contribution in [0.1, 0.15) is 17.0 Å². The van der Waals surface area contributed by atoms with Gasteiger partial charge in [0.2, 0.25) is 5.91 Å². The molecule has 1 amide bonds. The van der Waals surface area contributed by atoms with Gasteiger partial charge in [-0.1, -0.05) is 30.3 Å². The number of nitrogens with one attached hydrogen (secondary N) is 1. The lowest BCUT2D eigenvalue weighted by molar-refractivity contribution is -0.117. The van der Waals surface area contributed by atoms with E-state index in [4.69, 9.17) is 16.3 Å². The Hall–Kier alpha value is -2.00. The van der Waals surface area contributed by atoms with Gasteiger partial charge in [0.1, 0.15) is 18.3 Å². The van der Waals surface area contributed by atoms with Crippen molar-refractivity contribution in [3.05, 3.63) is 59.7 Å². The predicted molar refractivity (Wildman–Crippen MR) is 84.2 cm³/mol. The molecule has 21 heavy (non-hydrogen) atoms. The summed E-state index contributed by atoms with van der Waals surface area (Å²) < 4.78 is 5.55. The van der Waals surface area contributed by atoms with Gasteiger partial charge in [0.25, 0.3) is 0 Å². The highest BCUT2D eigenvalue weighted by atomic mass is 35.5. The van der Waals surface area contributed by atoms with Crippen molar-refractivity contribution in [1.29, 1.82) is 0 Å². The highest BCUT2D eigenvalue weighted by molar-refractivity contribution is 6.18. The zero-order valence-electron chi connectivity index (χ0n) is 11.5. The van der Waals surface area contributed by atoms with Crippen LogP contribution in [0.3, 0.4) is 0 Å². The van der Waals surface area contributed by atoms with Gasteiger partial charge in [-0.05, 0) is 30.2 Å². The van der Waals surface area contributed by atoms with E-state index in [1.807, 2.05) is 48.5 Å². The number of para-hydroxylation sites is 1. The Labute approximate surface area is 128 Å². The number of ether oxygens (including phenoxy) is 1. The lowest BCUT2D eigenvalue weighted by Gasteiger charge is -2.10. The molecule has 4 heteroatoms. The van der Waals surface area contributed by atoms with Gasteiger partial charge in [0, 0.05) is 17.1 Å². The van der Waals surface area contributed by atoms with Crippen LogP contribution in [0, 0.1) is 0 Å². The number of aryl methyl sites for hydroxylation is 1. The first-order chi connectivity index (χ1) is 10.3. The maximum absolute atomic E-state index is 12.4. The van der Waals surface area contributed by atoms with Crippen LogP contribution < -0.4 is 10.1 Å². The summed E-state index contributed by atoms with van der Waals surface area (Å²) >= 11 is 5.71. The van der Waals surface area contributed by atoms with Crippen LogP contribution >= 0.6 is 11.6 Å². The highest BCUT2D eigenvalue weighted by Crippen LogP contribution is 2.34. The van der Waals surface area contributed by atoms with E-state index in [0.29, 0.717) is 12.5 Å². The van der Waals surface area contributed by atoms with Gasteiger partial charge in [-0.15, -0.1) is 11.6 Å². The lowest BCUT2D eigenvalue weighted by atomic mass is 10.0. The molecular weight excluding hydrogens is 286 g/mol. The number of alkyl halides is 1. The first-order valence-corrected chi connectivity index (χ1v) is 7.49. The van der Waals surface area contributed by atoms with Crippen molar-refractivity contribution in [3.8, 4) is 5.75 Å². The number of anilines is 1. The molecule has 0 aromatic heterocycles. The van der Waals surface area contributed by atoms with Crippen molar-refractivity contribution in [1.82, 2.24) is 0 Å². The van der Waals surface area contributed by atoms with Crippen molar-refractivity contribution >= 4 is 23.2 Å². The molecule has 0 saturated heterocycles. The second-order valence-electron chi connectivity index (χ2n) is 5.03. The van der Waals surface area contributed by atoms with E-state index in [9.17, 15) is 4.79 Å². The van der Waals surface area contributed by atoms with Gasteiger partial charge < -0.3 is 10.1 Å². The molecule has 2 aromatic carbocycles. The first-order valence-electron chi connectivity index (χ1n) is 6.95. The highest BCUT2D eigenvalue weighted by Gasteiger charge is 2.29. The molecule has 2 aromatic rings. The molecular formula is C17H16ClNO2. The van der Waals surface area contributed by atoms with Gasteiger partial charge in [-0.2, -0.15) is 0 Å². The molecule has 0 aliphatic carbocycles. The number of halogens is 1. The number of hydrogen-bond acceptors (Lipinski definition) is 2. The summed E-state index contributed by atoms with van der Waals surface area (Å²) in [7, 11) is 0. The minimum absolute atomic E-state index is 0.0370. The van der Waals surface area contributed by atoms with Gasteiger partial charge in [0.15, 0.2) is 0 Å². The maximum Gasteiger partial charge on any atom is 0.235 e. The summed E-state index contributed by atoms with van der Waals surface area (Å²) in [6.07, 6.45) is 0.833. The third kappa shape index (κ3) is 3.03. The van der Waals surface area contributed by atoms with Crippen LogP contribution in [0.25, 0.3) is 0 Å². The molecule has 1 unspecified atom stereocenters. The first kappa shape index (κ1) is 14.0. The van der Waals surface area contributed by atoms with Crippen LogP contribution in [-0.4, -0.2) is 18.4 Å². The summed E-state index contributed by atoms with van der Waals surface area (Å²) in [5.41, 5.74) is 2.91. The number of carbonyl (C=O) groups excluding carboxylic acids is 1. The fraction of sp³-hybridized carbons (Fsp3) is 0.235. The fourth-order valence-corrected chi connectivity index (χ4v) is 2.69. The normalized spacial score (nSPS) is 16.1. The van der Waals surface area contributed by atoms with E-state index < -0.39 is 0 Å². The van der Waals surface area contributed by atoms with Crippen LogP contribution in [0.4, 0.5) is 5.69 Å². The number of rotatable bonds is 4. The summed E-state index contributed by atoms with van der Waals surface area (Å²) in [6.45, 7) is 0.398. The summed E-state index contributed by atoms with van der Waals surface area (Å²) in [5.74, 6) is 1.12. The van der Waals surface area contributed by atoms with Gasteiger partial charge in [-0.25, -0.2) is 0 Å². The van der Waals surface area contributed by atoms with E-state index in [0.717, 1.165) is 29.0 Å². The Bertz CT molecular complexity index is 639. The lowest BCUT2D eigenvalue weighted by Crippen LogP contribution is -2.22. The second-order valence-corrected chi connectivity index (χ2v) is 5.40. The number of benzene rings is 2. The van der Waals surface area contributed by atoms with Crippen molar-refractivity contribution in [2.45, 2.75) is 12.3 Å². The Morgan fingerprint density at radius 3 is 2.71 bits per heavy atom. The van der Waals surface area contributed by atoms with Crippen LogP contribution in [-0.2, 0) is 11.2 Å². The van der Waals surface area contributed by atoms with E-state index >= 15 is 0 Å². The molecule has 1 aliphatic rings. The zero-order valence-corrected chi connectivity index (χ0v) is 12.3. The fourth-order valence-electron chi connectivity index (χ4n) is 2.47. The Morgan fingerprint density at radius 2 is 1.95 bits per heavy atom. The molecule has 0 radical (unpaired) electrons. The predicted octanol–water partition coefficient (Wildman–Crippen LogP) is 3.58. The minimum Gasteiger partial charge on any atom is -0.492 e. The van der Waals surface area contributed by atoms with E-state index in [1.54, 1.807) is 0 Å². The van der Waals surface area contributed by atoms with Crippen molar-refractivity contribution in [3.63, 3.8) is 0 Å². The molecule has 1 N–H and O–H groups in total. The topological polar surface area (TPSA) is 38.3 Å². The Kier molecular flexibility index (Phi) is 4.11. The molecule has 3 nitrogen and oxygen atoms in total. The third-order valence-electron chi connectivity index (χ3n) is 3.62. The summed E-state index contributed by atoms with van der Waals surface area (Å²) in [4.78, 5) is 12.4. The van der Waals surface area contributed by atoms with Crippen molar-refractivity contribution in [2.75, 3.05) is 17.8 Å². The van der Waals surface area contributed by atoms with Crippen LogP contribution in [0.5, 0.6) is 5.75 Å². The quantitative estimate of drug-likeness (QED) is 0.877. The molecule has 1 atom stereocenters. The van der Waals surface area contributed by atoms with Crippen molar-refractivity contribution in [2.24, 2.45) is 0 Å². The SMILES string of the molecule is O=C(Nc1ccc(CCCl)cc1)C1COc2ccccc21. The Balaban J connectivity index is 1.70. The minimum atomic E-state index is -0.247. The third-order valence-corrected chi connectivity index (χ3v) is 3.81. The van der Waals surface area contributed by atoms with Crippen LogP contribution in [0.15, 0.2) is 48.5 Å². The number of fused-ring (bicyclic) bond motifs is 1.